The first-order valence-electron chi connectivity index (χ1n) is 13.7. The van der Waals surface area contributed by atoms with Crippen molar-refractivity contribution in [1.82, 2.24) is 0 Å². The van der Waals surface area contributed by atoms with E-state index in [1.165, 1.54) is 77.0 Å². The zero-order chi connectivity index (χ0) is 20.9. The maximum absolute atomic E-state index is 7.14. The molecule has 0 amide bonds. The summed E-state index contributed by atoms with van der Waals surface area (Å²) >= 11 is 0. The molecular weight excluding hydrogens is 366 g/mol. The van der Waals surface area contributed by atoms with E-state index in [4.69, 9.17) is 10.5 Å². The lowest BCUT2D eigenvalue weighted by atomic mass is 9.44. The fourth-order valence-corrected chi connectivity index (χ4v) is 10.9. The molecule has 6 aliphatic rings. The van der Waals surface area contributed by atoms with Gasteiger partial charge in [0.05, 0.1) is 11.7 Å². The molecule has 1 heterocycles. The minimum atomic E-state index is 0.232. The Bertz CT molecular complexity index is 682. The molecule has 6 rings (SSSR count). The van der Waals surface area contributed by atoms with Crippen molar-refractivity contribution in [2.75, 3.05) is 0 Å². The lowest BCUT2D eigenvalue weighted by Crippen LogP contribution is -2.55. The van der Waals surface area contributed by atoms with E-state index < -0.39 is 0 Å². The lowest BCUT2D eigenvalue weighted by Gasteiger charge is -2.61. The summed E-state index contributed by atoms with van der Waals surface area (Å²) in [5, 5.41) is 0. The van der Waals surface area contributed by atoms with Crippen LogP contribution < -0.4 is 5.73 Å². The van der Waals surface area contributed by atoms with Crippen molar-refractivity contribution >= 4 is 0 Å². The average molecular weight is 414 g/mol. The van der Waals surface area contributed by atoms with Crippen molar-refractivity contribution in [3.05, 3.63) is 0 Å². The standard InChI is InChI=1S/C28H47NO/c1-17-7-13-28(14-8-17)18(2)25-24(30-28)16-23-21-6-5-19-15-20(29)9-11-26(19,3)22(21)10-12-27(23,25)4/h17-25H,5-16,29H2,1-4H3/t17?,18-,19+,20+,21+,22-,23-,24-,25?,26-,27-,28?/m0/s1. The quantitative estimate of drug-likeness (QED) is 0.487. The first-order valence-corrected chi connectivity index (χ1v) is 13.7. The minimum Gasteiger partial charge on any atom is -0.371 e. The molecule has 1 saturated heterocycles. The van der Waals surface area contributed by atoms with E-state index in [1.54, 1.807) is 0 Å². The van der Waals surface area contributed by atoms with E-state index in [9.17, 15) is 0 Å². The molecule has 1 unspecified atom stereocenters. The SMILES string of the molecule is CC1CCC2(CC1)O[C@H]1C[C@H]3[C@@H]4CC[C@@H]5C[C@H](N)CC[C@]5(C)[C@H]4CC[C@]3(C)C1[C@@H]2C. The summed E-state index contributed by atoms with van der Waals surface area (Å²) in [6.45, 7) is 10.4. The van der Waals surface area contributed by atoms with E-state index in [0.717, 1.165) is 41.4 Å². The van der Waals surface area contributed by atoms with Gasteiger partial charge in [0.2, 0.25) is 0 Å². The second-order valence-electron chi connectivity index (χ2n) is 13.7. The van der Waals surface area contributed by atoms with Gasteiger partial charge in [0.25, 0.3) is 0 Å². The summed E-state index contributed by atoms with van der Waals surface area (Å²) < 4.78 is 7.14. The molecule has 0 radical (unpaired) electrons. The summed E-state index contributed by atoms with van der Waals surface area (Å²) in [6.07, 6.45) is 17.2. The number of rotatable bonds is 0. The fourth-order valence-electron chi connectivity index (χ4n) is 10.9. The molecule has 1 aliphatic heterocycles. The molecule has 0 aromatic rings. The van der Waals surface area contributed by atoms with Gasteiger partial charge in [-0.3, -0.25) is 0 Å². The number of hydrogen-bond donors (Lipinski definition) is 1. The van der Waals surface area contributed by atoms with Crippen molar-refractivity contribution in [2.45, 2.75) is 122 Å². The van der Waals surface area contributed by atoms with E-state index in [2.05, 4.69) is 27.7 Å². The van der Waals surface area contributed by atoms with Crippen molar-refractivity contribution in [3.8, 4) is 0 Å². The van der Waals surface area contributed by atoms with Crippen molar-refractivity contribution in [2.24, 2.45) is 58.0 Å². The molecule has 30 heavy (non-hydrogen) atoms. The first-order chi connectivity index (χ1) is 14.3. The molecule has 2 N–H and O–H groups in total. The molecule has 2 nitrogen and oxygen atoms in total. The third-order valence-electron chi connectivity index (χ3n) is 12.7. The fraction of sp³-hybridized carbons (Fsp3) is 1.00. The minimum absolute atomic E-state index is 0.232. The van der Waals surface area contributed by atoms with Crippen molar-refractivity contribution in [1.29, 1.82) is 0 Å². The van der Waals surface area contributed by atoms with Crippen LogP contribution >= 0.6 is 0 Å². The average Bonchev–Trinajstić information content (AvgIpc) is 3.16. The zero-order valence-corrected chi connectivity index (χ0v) is 20.2. The Morgan fingerprint density at radius 2 is 1.50 bits per heavy atom. The topological polar surface area (TPSA) is 35.2 Å². The number of hydrogen-bond acceptors (Lipinski definition) is 2. The van der Waals surface area contributed by atoms with Crippen LogP contribution in [0, 0.1) is 52.3 Å². The molecule has 6 fully saturated rings. The molecule has 5 aliphatic carbocycles. The van der Waals surface area contributed by atoms with Crippen LogP contribution in [-0.4, -0.2) is 17.7 Å². The van der Waals surface area contributed by atoms with Crippen molar-refractivity contribution < 1.29 is 4.74 Å². The normalized spacial score (nSPS) is 62.5. The molecule has 1 spiro atoms. The van der Waals surface area contributed by atoms with Crippen LogP contribution in [0.4, 0.5) is 0 Å². The second kappa shape index (κ2) is 6.72. The lowest BCUT2D eigenvalue weighted by molar-refractivity contribution is -0.127. The highest BCUT2D eigenvalue weighted by atomic mass is 16.5. The summed E-state index contributed by atoms with van der Waals surface area (Å²) in [4.78, 5) is 0. The van der Waals surface area contributed by atoms with Gasteiger partial charge in [-0.15, -0.1) is 0 Å². The van der Waals surface area contributed by atoms with Gasteiger partial charge in [0, 0.05) is 6.04 Å². The highest BCUT2D eigenvalue weighted by Crippen LogP contribution is 2.71. The van der Waals surface area contributed by atoms with Gasteiger partial charge in [0.1, 0.15) is 0 Å². The van der Waals surface area contributed by atoms with E-state index in [-0.39, 0.29) is 5.60 Å². The Morgan fingerprint density at radius 3 is 2.27 bits per heavy atom. The monoisotopic (exact) mass is 413 g/mol. The van der Waals surface area contributed by atoms with Gasteiger partial charge in [-0.25, -0.2) is 0 Å². The third kappa shape index (κ3) is 2.62. The van der Waals surface area contributed by atoms with Gasteiger partial charge >= 0.3 is 0 Å². The van der Waals surface area contributed by atoms with Gasteiger partial charge in [-0.2, -0.15) is 0 Å². The third-order valence-corrected chi connectivity index (χ3v) is 12.7. The van der Waals surface area contributed by atoms with Crippen LogP contribution in [0.25, 0.3) is 0 Å². The largest absolute Gasteiger partial charge is 0.371 e. The molecule has 2 heteroatoms. The highest BCUT2D eigenvalue weighted by molar-refractivity contribution is 5.16. The summed E-state index contributed by atoms with van der Waals surface area (Å²) in [6, 6.07) is 0.475. The van der Waals surface area contributed by atoms with E-state index in [0.29, 0.717) is 23.0 Å². The predicted octanol–water partition coefficient (Wildman–Crippen LogP) is 6.57. The van der Waals surface area contributed by atoms with Crippen LogP contribution in [0.2, 0.25) is 0 Å². The van der Waals surface area contributed by atoms with Crippen LogP contribution in [0.5, 0.6) is 0 Å². The molecule has 0 aromatic heterocycles. The predicted molar refractivity (Wildman–Crippen MR) is 123 cm³/mol. The van der Waals surface area contributed by atoms with Gasteiger partial charge in [-0.1, -0.05) is 27.7 Å². The summed E-state index contributed by atoms with van der Waals surface area (Å²) in [5.74, 6) is 6.23. The van der Waals surface area contributed by atoms with E-state index in [1.807, 2.05) is 0 Å². The van der Waals surface area contributed by atoms with Crippen LogP contribution in [0.15, 0.2) is 0 Å². The summed E-state index contributed by atoms with van der Waals surface area (Å²) in [7, 11) is 0. The van der Waals surface area contributed by atoms with Gasteiger partial charge in [-0.05, 0) is 129 Å². The van der Waals surface area contributed by atoms with Crippen LogP contribution in [0.3, 0.4) is 0 Å². The molecule has 5 saturated carbocycles. The van der Waals surface area contributed by atoms with Gasteiger partial charge < -0.3 is 10.5 Å². The second-order valence-corrected chi connectivity index (χ2v) is 13.7. The molecule has 0 aromatic carbocycles. The molecular formula is C28H47NO. The van der Waals surface area contributed by atoms with E-state index >= 15 is 0 Å². The Kier molecular flexibility index (Phi) is 4.60. The number of fused-ring (bicyclic) bond motifs is 7. The van der Waals surface area contributed by atoms with Gasteiger partial charge in [0.15, 0.2) is 0 Å². The maximum atomic E-state index is 7.14. The summed E-state index contributed by atoms with van der Waals surface area (Å²) in [5.41, 5.74) is 7.75. The Morgan fingerprint density at radius 1 is 0.767 bits per heavy atom. The zero-order valence-electron chi connectivity index (χ0n) is 20.2. The molecule has 10 atom stereocenters. The Labute approximate surface area is 185 Å². The van der Waals surface area contributed by atoms with Crippen LogP contribution in [0.1, 0.15) is 105 Å². The smallest absolute Gasteiger partial charge is 0.0715 e. The Hall–Kier alpha value is -0.0800. The molecule has 170 valence electrons. The first kappa shape index (κ1) is 20.5. The number of nitrogens with two attached hydrogens (primary N) is 1. The van der Waals surface area contributed by atoms with Crippen molar-refractivity contribution in [3.63, 3.8) is 0 Å². The Balaban J connectivity index is 1.26. The highest BCUT2D eigenvalue weighted by Gasteiger charge is 2.68. The number of ether oxygens (including phenoxy) is 1. The van der Waals surface area contributed by atoms with Crippen LogP contribution in [-0.2, 0) is 4.74 Å². The maximum Gasteiger partial charge on any atom is 0.0715 e. The molecule has 0 bridgehead atoms.